The van der Waals surface area contributed by atoms with Crippen molar-refractivity contribution in [3.63, 3.8) is 0 Å². The number of aromatic nitrogens is 1. The van der Waals surface area contributed by atoms with Crippen LogP contribution in [0.4, 0.5) is 13.2 Å². The topological polar surface area (TPSA) is 107 Å². The molecule has 190 valence electrons. The van der Waals surface area contributed by atoms with Crippen LogP contribution in [0.5, 0.6) is 0 Å². The van der Waals surface area contributed by atoms with E-state index in [2.05, 4.69) is 4.84 Å². The molecule has 0 spiro atoms. The summed E-state index contributed by atoms with van der Waals surface area (Å²) in [6.45, 7) is 1.61. The second-order valence-electron chi connectivity index (χ2n) is 8.16. The third kappa shape index (κ3) is 5.48. The predicted octanol–water partition coefficient (Wildman–Crippen LogP) is 4.80. The van der Waals surface area contributed by atoms with Crippen molar-refractivity contribution < 1.29 is 32.3 Å². The first-order valence-corrected chi connectivity index (χ1v) is 11.2. The Kier molecular flexibility index (Phi) is 7.01. The average molecular weight is 509 g/mol. The van der Waals surface area contributed by atoms with Crippen molar-refractivity contribution in [3.8, 4) is 0 Å². The normalized spacial score (nSPS) is 12.2. The lowest BCUT2D eigenvalue weighted by Gasteiger charge is -2.20. The highest BCUT2D eigenvalue weighted by molar-refractivity contribution is 5.95. The molecule has 1 unspecified atom stereocenters. The Labute approximate surface area is 209 Å². The van der Waals surface area contributed by atoms with E-state index in [1.165, 1.54) is 0 Å². The van der Waals surface area contributed by atoms with Crippen molar-refractivity contribution in [3.05, 3.63) is 107 Å². The number of esters is 1. The highest BCUT2D eigenvalue weighted by Crippen LogP contribution is 2.36. The van der Waals surface area contributed by atoms with Gasteiger partial charge in [-0.2, -0.15) is 17.9 Å². The number of carbonyl (C=O) groups excluding carboxylic acids is 2. The fraction of sp³-hybridized carbons (Fsp3) is 0.148. The number of halogens is 3. The number of hydrogen-bond donors (Lipinski definition) is 2. The van der Waals surface area contributed by atoms with Crippen molar-refractivity contribution in [1.82, 2.24) is 4.73 Å². The molecule has 0 bridgehead atoms. The summed E-state index contributed by atoms with van der Waals surface area (Å²) < 4.78 is 44.3. The maximum atomic E-state index is 12.9. The highest BCUT2D eigenvalue weighted by atomic mass is 19.4. The van der Waals surface area contributed by atoms with Crippen LogP contribution in [0.2, 0.25) is 0 Å². The van der Waals surface area contributed by atoms with Crippen molar-refractivity contribution >= 4 is 28.5 Å². The van der Waals surface area contributed by atoms with Crippen molar-refractivity contribution in [2.75, 3.05) is 6.61 Å². The number of nitrogen functional groups attached to an aromatic ring is 1. The average Bonchev–Trinajstić information content (AvgIpc) is 3.27. The third-order valence-electron chi connectivity index (χ3n) is 5.70. The molecule has 0 saturated heterocycles. The van der Waals surface area contributed by atoms with Gasteiger partial charge in [0.25, 0.3) is 0 Å². The summed E-state index contributed by atoms with van der Waals surface area (Å²) in [6.07, 6.45) is -3.10. The van der Waals surface area contributed by atoms with Gasteiger partial charge >= 0.3 is 18.1 Å². The van der Waals surface area contributed by atoms with E-state index in [1.807, 2.05) is 42.5 Å². The van der Waals surface area contributed by atoms with Crippen LogP contribution >= 0.6 is 0 Å². The van der Waals surface area contributed by atoms with Gasteiger partial charge in [-0.05, 0) is 40.5 Å². The fourth-order valence-corrected chi connectivity index (χ4v) is 4.08. The van der Waals surface area contributed by atoms with E-state index in [-0.39, 0.29) is 23.6 Å². The molecule has 0 aliphatic heterocycles. The first kappa shape index (κ1) is 25.5. The Morgan fingerprint density at radius 2 is 1.68 bits per heavy atom. The molecular weight excluding hydrogens is 487 g/mol. The van der Waals surface area contributed by atoms with E-state index in [0.717, 1.165) is 23.2 Å². The summed E-state index contributed by atoms with van der Waals surface area (Å²) in [5.41, 5.74) is 7.58. The van der Waals surface area contributed by atoms with E-state index in [1.54, 1.807) is 31.2 Å². The van der Waals surface area contributed by atoms with Gasteiger partial charge in [-0.25, -0.2) is 9.59 Å². The zero-order chi connectivity index (χ0) is 26.7. The van der Waals surface area contributed by atoms with Gasteiger partial charge in [-0.3, -0.25) is 5.41 Å². The third-order valence-corrected chi connectivity index (χ3v) is 5.70. The lowest BCUT2D eigenvalue weighted by Crippen LogP contribution is -2.32. The summed E-state index contributed by atoms with van der Waals surface area (Å²) >= 11 is 0. The lowest BCUT2D eigenvalue weighted by molar-refractivity contribution is -0.199. The number of nitrogens with zero attached hydrogens (tertiary/aromatic N) is 1. The van der Waals surface area contributed by atoms with Crippen molar-refractivity contribution in [2.24, 2.45) is 5.73 Å². The van der Waals surface area contributed by atoms with Gasteiger partial charge < -0.3 is 15.3 Å². The number of rotatable bonds is 7. The molecule has 1 heterocycles. The van der Waals surface area contributed by atoms with Crippen LogP contribution < -0.4 is 10.6 Å². The minimum absolute atomic E-state index is 0.0201. The first-order valence-electron chi connectivity index (χ1n) is 11.2. The predicted molar refractivity (Wildman–Crippen MR) is 130 cm³/mol. The minimum atomic E-state index is -5.23. The molecular formula is C27H22F3N3O4. The summed E-state index contributed by atoms with van der Waals surface area (Å²) in [5.74, 6) is -4.13. The Hall–Kier alpha value is -4.60. The molecule has 4 rings (SSSR count). The molecule has 10 heteroatoms. The molecule has 0 aliphatic carbocycles. The van der Waals surface area contributed by atoms with E-state index >= 15 is 0 Å². The van der Waals surface area contributed by atoms with Gasteiger partial charge in [-0.15, -0.1) is 0 Å². The molecule has 0 radical (unpaired) electrons. The Morgan fingerprint density at radius 3 is 2.35 bits per heavy atom. The van der Waals surface area contributed by atoms with Gasteiger partial charge in [0.05, 0.1) is 18.4 Å². The van der Waals surface area contributed by atoms with E-state index in [0.29, 0.717) is 21.4 Å². The van der Waals surface area contributed by atoms with Crippen LogP contribution in [0.1, 0.15) is 45.5 Å². The Bertz CT molecular complexity index is 1490. The molecule has 37 heavy (non-hydrogen) atoms. The first-order chi connectivity index (χ1) is 17.6. The maximum absolute atomic E-state index is 12.9. The van der Waals surface area contributed by atoms with Crippen molar-refractivity contribution in [1.29, 1.82) is 5.41 Å². The zero-order valence-corrected chi connectivity index (χ0v) is 19.6. The van der Waals surface area contributed by atoms with E-state index in [4.69, 9.17) is 15.9 Å². The van der Waals surface area contributed by atoms with E-state index in [9.17, 15) is 22.8 Å². The number of carbonyl (C=O) groups is 2. The number of nitrogens with two attached hydrogens (primary N) is 1. The monoisotopic (exact) mass is 509 g/mol. The summed E-state index contributed by atoms with van der Waals surface area (Å²) in [5, 5.41) is 9.69. The smallest absolute Gasteiger partial charge is 0.462 e. The molecule has 0 amide bonds. The molecule has 0 aliphatic rings. The standard InChI is InChI=1S/C27H22F3N3O4/c1-2-36-25(34)22-15-33(37-26(35)27(28,29)30)14-21(22)23(18-8-5-9-20(13-18)24(31)32)19-11-10-16-6-3-4-7-17(16)12-19/h3-15,23H,2H2,1H3,(H3,31,32). The molecule has 7 nitrogen and oxygen atoms in total. The molecule has 1 atom stereocenters. The second-order valence-corrected chi connectivity index (χ2v) is 8.16. The second kappa shape index (κ2) is 10.2. The number of ether oxygens (including phenoxy) is 1. The van der Waals surface area contributed by atoms with Gasteiger partial charge in [0.2, 0.25) is 0 Å². The number of alkyl halides is 3. The van der Waals surface area contributed by atoms with Crippen LogP contribution in [0, 0.1) is 5.41 Å². The molecule has 3 aromatic carbocycles. The van der Waals surface area contributed by atoms with Gasteiger partial charge in [0.15, 0.2) is 0 Å². The van der Waals surface area contributed by atoms with E-state index < -0.39 is 24.0 Å². The summed E-state index contributed by atoms with van der Waals surface area (Å²) in [4.78, 5) is 28.8. The number of hydrogen-bond acceptors (Lipinski definition) is 5. The number of fused-ring (bicyclic) bond motifs is 1. The van der Waals surface area contributed by atoms with Gasteiger partial charge in [0, 0.05) is 17.7 Å². The van der Waals surface area contributed by atoms with Crippen LogP contribution in [-0.4, -0.2) is 35.3 Å². The minimum Gasteiger partial charge on any atom is -0.462 e. The molecule has 0 saturated carbocycles. The molecule has 0 fully saturated rings. The Balaban J connectivity index is 1.94. The Morgan fingerprint density at radius 1 is 0.973 bits per heavy atom. The quantitative estimate of drug-likeness (QED) is 0.211. The molecule has 4 aromatic rings. The summed E-state index contributed by atoms with van der Waals surface area (Å²) in [6, 6.07) is 20.0. The van der Waals surface area contributed by atoms with Gasteiger partial charge in [-0.1, -0.05) is 60.7 Å². The highest BCUT2D eigenvalue weighted by Gasteiger charge is 2.42. The van der Waals surface area contributed by atoms with Crippen molar-refractivity contribution in [2.45, 2.75) is 19.0 Å². The zero-order valence-electron chi connectivity index (χ0n) is 19.6. The number of amidine groups is 1. The number of benzene rings is 3. The molecule has 3 N–H and O–H groups in total. The summed E-state index contributed by atoms with van der Waals surface area (Å²) in [7, 11) is 0. The SMILES string of the molecule is CCOC(=O)c1cn(OC(=O)C(F)(F)F)cc1C(c1cccc(C(=N)N)c1)c1ccc2ccccc2c1. The fourth-order valence-electron chi connectivity index (χ4n) is 4.08. The lowest BCUT2D eigenvalue weighted by atomic mass is 9.83. The van der Waals surface area contributed by atoms with Crippen LogP contribution in [-0.2, 0) is 9.53 Å². The maximum Gasteiger partial charge on any atom is 0.493 e. The molecule has 1 aromatic heterocycles. The van der Waals surface area contributed by atoms with Crippen LogP contribution in [0.3, 0.4) is 0 Å². The van der Waals surface area contributed by atoms with Crippen LogP contribution in [0.15, 0.2) is 79.1 Å². The van der Waals surface area contributed by atoms with Gasteiger partial charge in [0.1, 0.15) is 5.84 Å². The van der Waals surface area contributed by atoms with Crippen LogP contribution in [0.25, 0.3) is 10.8 Å². The largest absolute Gasteiger partial charge is 0.493 e. The number of nitrogens with one attached hydrogen (secondary N) is 1.